The Kier molecular flexibility index (Phi) is 7.50. The quantitative estimate of drug-likeness (QED) is 0.309. The second-order valence-electron chi connectivity index (χ2n) is 8.03. The highest BCUT2D eigenvalue weighted by atomic mass is 35.5. The molecule has 0 aliphatic rings. The molecule has 4 aromatic rings. The zero-order valence-electron chi connectivity index (χ0n) is 20.3. The maximum Gasteiger partial charge on any atom is 0.433 e. The average molecular weight is 555 g/mol. The van der Waals surface area contributed by atoms with Crippen molar-refractivity contribution in [1.29, 1.82) is 5.26 Å². The van der Waals surface area contributed by atoms with Gasteiger partial charge < -0.3 is 16.0 Å². The van der Waals surface area contributed by atoms with E-state index in [1.165, 1.54) is 49.6 Å². The largest absolute Gasteiger partial charge is 0.433 e. The summed E-state index contributed by atoms with van der Waals surface area (Å²) in [6.07, 6.45) is -3.24. The Labute approximate surface area is 224 Å². The number of amides is 2. The lowest BCUT2D eigenvalue weighted by Crippen LogP contribution is -2.24. The normalized spacial score (nSPS) is 11.0. The number of hydrogen-bond donors (Lipinski definition) is 3. The number of nitrogens with zero attached hydrogens (tertiary/aromatic N) is 5. The third-order valence-electron chi connectivity index (χ3n) is 5.35. The van der Waals surface area contributed by atoms with Gasteiger partial charge >= 0.3 is 6.18 Å². The predicted molar refractivity (Wildman–Crippen MR) is 136 cm³/mol. The minimum Gasteiger partial charge on any atom is -0.355 e. The van der Waals surface area contributed by atoms with Gasteiger partial charge in [0.25, 0.3) is 11.8 Å². The Balaban J connectivity index is 1.78. The van der Waals surface area contributed by atoms with E-state index < -0.39 is 23.7 Å². The molecule has 3 N–H and O–H groups in total. The van der Waals surface area contributed by atoms with Crippen LogP contribution in [0.15, 0.2) is 54.7 Å². The molecule has 0 saturated heterocycles. The fourth-order valence-corrected chi connectivity index (χ4v) is 3.80. The van der Waals surface area contributed by atoms with Gasteiger partial charge in [-0.25, -0.2) is 14.6 Å². The number of aromatic nitrogens is 4. The summed E-state index contributed by atoms with van der Waals surface area (Å²) < 4.78 is 40.5. The van der Waals surface area contributed by atoms with Crippen LogP contribution in [0.25, 0.3) is 5.82 Å². The van der Waals surface area contributed by atoms with E-state index in [1.807, 2.05) is 6.07 Å². The van der Waals surface area contributed by atoms with Crippen LogP contribution in [0.1, 0.15) is 37.7 Å². The van der Waals surface area contributed by atoms with Gasteiger partial charge in [0.1, 0.15) is 17.2 Å². The van der Waals surface area contributed by atoms with Gasteiger partial charge in [0, 0.05) is 19.3 Å². The van der Waals surface area contributed by atoms with E-state index >= 15 is 0 Å². The molecule has 0 radical (unpaired) electrons. The maximum atomic E-state index is 13.5. The van der Waals surface area contributed by atoms with Crippen molar-refractivity contribution in [3.8, 4) is 11.9 Å². The number of pyridine rings is 2. The molecule has 1 aromatic carbocycles. The second kappa shape index (κ2) is 10.8. The molecule has 0 fully saturated rings. The van der Waals surface area contributed by atoms with Crippen LogP contribution in [0.3, 0.4) is 0 Å². The lowest BCUT2D eigenvalue weighted by atomic mass is 10.0. The number of carbonyl (C=O) groups is 2. The molecule has 0 saturated carbocycles. The van der Waals surface area contributed by atoms with Crippen molar-refractivity contribution >= 4 is 40.7 Å². The number of anilines is 3. The van der Waals surface area contributed by atoms with E-state index in [0.717, 1.165) is 10.7 Å². The Morgan fingerprint density at radius 3 is 2.51 bits per heavy atom. The average Bonchev–Trinajstić information content (AvgIpc) is 3.32. The SMILES string of the molecule is CNC(=O)c1cc(C#N)cc(C)c1NC(=O)c1cc(Nc2cccc(C(F)(F)F)n2)nn1-c1ncccc1Cl. The number of alkyl halides is 3. The van der Waals surface area contributed by atoms with Gasteiger partial charge in [-0.05, 0) is 48.9 Å². The van der Waals surface area contributed by atoms with E-state index in [-0.39, 0.29) is 45.0 Å². The number of hydrogen-bond acceptors (Lipinski definition) is 7. The van der Waals surface area contributed by atoms with Gasteiger partial charge in [-0.3, -0.25) is 9.59 Å². The van der Waals surface area contributed by atoms with Crippen LogP contribution in [-0.2, 0) is 6.18 Å². The second-order valence-corrected chi connectivity index (χ2v) is 8.43. The van der Waals surface area contributed by atoms with Crippen LogP contribution in [0, 0.1) is 18.3 Å². The topological polar surface area (TPSA) is 138 Å². The first-order valence-electron chi connectivity index (χ1n) is 11.1. The molecule has 4 rings (SSSR count). The Morgan fingerprint density at radius 2 is 1.85 bits per heavy atom. The minimum absolute atomic E-state index is 0.0308. The Bertz CT molecular complexity index is 1630. The summed E-state index contributed by atoms with van der Waals surface area (Å²) in [7, 11) is 1.40. The van der Waals surface area contributed by atoms with E-state index in [1.54, 1.807) is 13.0 Å². The first-order chi connectivity index (χ1) is 18.5. The summed E-state index contributed by atoms with van der Waals surface area (Å²) in [5.74, 6) is -1.41. The summed E-state index contributed by atoms with van der Waals surface area (Å²) >= 11 is 6.28. The number of rotatable bonds is 6. The van der Waals surface area contributed by atoms with Gasteiger partial charge in [0.2, 0.25) is 0 Å². The van der Waals surface area contributed by atoms with E-state index in [9.17, 15) is 28.0 Å². The first-order valence-corrected chi connectivity index (χ1v) is 11.5. The summed E-state index contributed by atoms with van der Waals surface area (Å²) in [5, 5.41) is 21.5. The van der Waals surface area contributed by atoms with Crippen molar-refractivity contribution in [2.45, 2.75) is 13.1 Å². The highest BCUT2D eigenvalue weighted by Crippen LogP contribution is 2.30. The molecule has 10 nitrogen and oxygen atoms in total. The van der Waals surface area contributed by atoms with Crippen LogP contribution in [0.4, 0.5) is 30.5 Å². The highest BCUT2D eigenvalue weighted by molar-refractivity contribution is 6.32. The number of nitriles is 1. The molecule has 0 spiro atoms. The number of carbonyl (C=O) groups excluding carboxylic acids is 2. The van der Waals surface area contributed by atoms with E-state index in [0.29, 0.717) is 5.56 Å². The van der Waals surface area contributed by atoms with Crippen molar-refractivity contribution in [3.05, 3.63) is 87.8 Å². The molecule has 39 heavy (non-hydrogen) atoms. The fourth-order valence-electron chi connectivity index (χ4n) is 3.60. The third-order valence-corrected chi connectivity index (χ3v) is 5.65. The molecule has 3 aromatic heterocycles. The third kappa shape index (κ3) is 5.81. The van der Waals surface area contributed by atoms with Gasteiger partial charge in [-0.2, -0.15) is 18.4 Å². The first kappa shape index (κ1) is 27.1. The van der Waals surface area contributed by atoms with Gasteiger partial charge in [0.05, 0.1) is 27.9 Å². The molecular weight excluding hydrogens is 537 g/mol. The monoisotopic (exact) mass is 554 g/mol. The number of halogens is 4. The zero-order valence-corrected chi connectivity index (χ0v) is 21.0. The minimum atomic E-state index is -4.66. The van der Waals surface area contributed by atoms with Crippen molar-refractivity contribution < 1.29 is 22.8 Å². The fraction of sp³-hybridized carbons (Fsp3) is 0.120. The Hall–Kier alpha value is -4.96. The Morgan fingerprint density at radius 1 is 1.08 bits per heavy atom. The predicted octanol–water partition coefficient (Wildman–Crippen LogP) is 4.87. The van der Waals surface area contributed by atoms with Crippen molar-refractivity contribution in [2.24, 2.45) is 0 Å². The molecule has 198 valence electrons. The summed E-state index contributed by atoms with van der Waals surface area (Å²) in [5.41, 5.74) is -0.376. The van der Waals surface area contributed by atoms with Crippen LogP contribution in [-0.4, -0.2) is 38.6 Å². The summed E-state index contributed by atoms with van der Waals surface area (Å²) in [4.78, 5) is 33.7. The van der Waals surface area contributed by atoms with Crippen LogP contribution in [0.2, 0.25) is 5.02 Å². The van der Waals surface area contributed by atoms with Gasteiger partial charge in [-0.1, -0.05) is 17.7 Å². The molecule has 2 amide bonds. The molecule has 0 bridgehead atoms. The number of nitrogens with one attached hydrogen (secondary N) is 3. The van der Waals surface area contributed by atoms with Gasteiger partial charge in [-0.15, -0.1) is 5.10 Å². The van der Waals surface area contributed by atoms with Crippen molar-refractivity contribution in [2.75, 3.05) is 17.7 Å². The molecule has 0 unspecified atom stereocenters. The summed E-state index contributed by atoms with van der Waals surface area (Å²) in [6.45, 7) is 1.61. The highest BCUT2D eigenvalue weighted by Gasteiger charge is 2.32. The molecule has 3 heterocycles. The molecular formula is C25H18ClF3N8O2. The summed E-state index contributed by atoms with van der Waals surface area (Å²) in [6, 6.07) is 12.4. The van der Waals surface area contributed by atoms with Crippen LogP contribution < -0.4 is 16.0 Å². The molecule has 0 aliphatic carbocycles. The van der Waals surface area contributed by atoms with E-state index in [2.05, 4.69) is 31.0 Å². The number of benzene rings is 1. The smallest absolute Gasteiger partial charge is 0.355 e. The molecule has 0 atom stereocenters. The lowest BCUT2D eigenvalue weighted by molar-refractivity contribution is -0.141. The molecule has 14 heteroatoms. The lowest BCUT2D eigenvalue weighted by Gasteiger charge is -2.14. The van der Waals surface area contributed by atoms with Gasteiger partial charge in [0.15, 0.2) is 11.6 Å². The maximum absolute atomic E-state index is 13.5. The van der Waals surface area contributed by atoms with Crippen LogP contribution >= 0.6 is 11.6 Å². The number of aryl methyl sites for hydroxylation is 1. The standard InChI is InChI=1S/C25H18ClF3N8O2/c1-13-9-14(12-30)10-15(23(38)31-2)21(13)35-24(39)17-11-20(36-37(17)22-16(26)5-4-8-32-22)34-19-7-3-6-18(33-19)25(27,28)29/h3-11H,1-2H3,(H,31,38)(H,35,39)(H,33,34,36). The molecule has 0 aliphatic heterocycles. The zero-order chi connectivity index (χ0) is 28.3. The van der Waals surface area contributed by atoms with Crippen LogP contribution in [0.5, 0.6) is 0 Å². The van der Waals surface area contributed by atoms with E-state index in [4.69, 9.17) is 11.6 Å². The van der Waals surface area contributed by atoms with Crippen molar-refractivity contribution in [1.82, 2.24) is 25.1 Å². The van der Waals surface area contributed by atoms with Crippen molar-refractivity contribution in [3.63, 3.8) is 0 Å².